The maximum atomic E-state index is 12.9. The zero-order valence-electron chi connectivity index (χ0n) is 17.5. The number of hydrogen-bond acceptors (Lipinski definition) is 2. The average Bonchev–Trinajstić information content (AvgIpc) is 3.09. The fraction of sp³-hybridized carbons (Fsp3) is 0.231. The Labute approximate surface area is 177 Å². The van der Waals surface area contributed by atoms with Gasteiger partial charge in [-0.05, 0) is 42.2 Å². The minimum Gasteiger partial charge on any atom is -0.331 e. The third kappa shape index (κ3) is 4.28. The van der Waals surface area contributed by atoms with Gasteiger partial charge in [0.25, 0.3) is 0 Å². The number of anilines is 1. The van der Waals surface area contributed by atoms with E-state index in [2.05, 4.69) is 41.2 Å². The van der Waals surface area contributed by atoms with E-state index in [9.17, 15) is 4.79 Å². The molecule has 0 bridgehead atoms. The Morgan fingerprint density at radius 2 is 1.67 bits per heavy atom. The van der Waals surface area contributed by atoms with Crippen LogP contribution in [0.5, 0.6) is 0 Å². The molecule has 1 N–H and O–H groups in total. The number of aromatic nitrogens is 2. The number of aryl methyl sites for hydroxylation is 3. The predicted octanol–water partition coefficient (Wildman–Crippen LogP) is 5.49. The second-order valence-electron chi connectivity index (χ2n) is 7.64. The lowest BCUT2D eigenvalue weighted by Crippen LogP contribution is -2.20. The lowest BCUT2D eigenvalue weighted by Gasteiger charge is -2.15. The molecule has 0 saturated heterocycles. The van der Waals surface area contributed by atoms with Gasteiger partial charge in [0.2, 0.25) is 5.91 Å². The van der Waals surface area contributed by atoms with Crippen LogP contribution in [0.1, 0.15) is 36.2 Å². The third-order valence-electron chi connectivity index (χ3n) is 5.65. The Balaban J connectivity index is 1.51. The number of hydrogen-bond donors (Lipinski definition) is 1. The van der Waals surface area contributed by atoms with E-state index < -0.39 is 0 Å². The lowest BCUT2D eigenvalue weighted by molar-refractivity contribution is -0.117. The highest BCUT2D eigenvalue weighted by molar-refractivity contribution is 5.97. The van der Waals surface area contributed by atoms with Crippen LogP contribution in [0.3, 0.4) is 0 Å². The van der Waals surface area contributed by atoms with E-state index in [4.69, 9.17) is 4.98 Å². The summed E-state index contributed by atoms with van der Waals surface area (Å²) in [7, 11) is 2.05. The summed E-state index contributed by atoms with van der Waals surface area (Å²) in [6.45, 7) is 2.04. The molecule has 4 aromatic rings. The van der Waals surface area contributed by atoms with E-state index in [1.165, 1.54) is 5.56 Å². The van der Waals surface area contributed by atoms with E-state index in [0.717, 1.165) is 47.4 Å². The molecule has 0 radical (unpaired) electrons. The second kappa shape index (κ2) is 8.95. The van der Waals surface area contributed by atoms with Crippen molar-refractivity contribution in [2.75, 3.05) is 5.32 Å². The van der Waals surface area contributed by atoms with Gasteiger partial charge in [-0.15, -0.1) is 0 Å². The quantitative estimate of drug-likeness (QED) is 0.448. The zero-order chi connectivity index (χ0) is 20.9. The summed E-state index contributed by atoms with van der Waals surface area (Å²) in [5, 5.41) is 3.08. The van der Waals surface area contributed by atoms with Crippen LogP contribution >= 0.6 is 0 Å². The van der Waals surface area contributed by atoms with Crippen LogP contribution < -0.4 is 5.32 Å². The molecule has 1 aromatic heterocycles. The van der Waals surface area contributed by atoms with Gasteiger partial charge in [0.05, 0.1) is 17.0 Å². The molecule has 0 saturated carbocycles. The molecule has 152 valence electrons. The van der Waals surface area contributed by atoms with Crippen LogP contribution in [0.25, 0.3) is 11.0 Å². The van der Waals surface area contributed by atoms with Crippen molar-refractivity contribution in [2.24, 2.45) is 7.05 Å². The molecule has 0 unspecified atom stereocenters. The highest BCUT2D eigenvalue weighted by atomic mass is 16.1. The second-order valence-corrected chi connectivity index (χ2v) is 7.64. The fourth-order valence-electron chi connectivity index (χ4n) is 3.94. The molecule has 4 nitrogen and oxygen atoms in total. The zero-order valence-corrected chi connectivity index (χ0v) is 17.5. The Hall–Kier alpha value is -3.40. The number of nitrogens with one attached hydrogen (secondary N) is 1. The molecule has 1 atom stereocenters. The standard InChI is InChI=1S/C26H27N3O/c1-3-22(20-12-8-5-9-13-20)26(30)27-21-15-16-24-23(18-21)28-25(29(24)2)17-14-19-10-6-4-7-11-19/h4-13,15-16,18,22H,3,14,17H2,1-2H3,(H,27,30)/t22-/m1/s1. The Morgan fingerprint density at radius 1 is 0.967 bits per heavy atom. The normalized spacial score (nSPS) is 12.1. The van der Waals surface area contributed by atoms with Gasteiger partial charge in [-0.3, -0.25) is 4.79 Å². The van der Waals surface area contributed by atoms with E-state index >= 15 is 0 Å². The average molecular weight is 398 g/mol. The van der Waals surface area contributed by atoms with Crippen molar-refractivity contribution in [3.63, 3.8) is 0 Å². The fourth-order valence-corrected chi connectivity index (χ4v) is 3.94. The highest BCUT2D eigenvalue weighted by Crippen LogP contribution is 2.24. The first-order valence-electron chi connectivity index (χ1n) is 10.5. The molecule has 3 aromatic carbocycles. The van der Waals surface area contributed by atoms with Crippen LogP contribution in [-0.4, -0.2) is 15.5 Å². The highest BCUT2D eigenvalue weighted by Gasteiger charge is 2.19. The molecule has 0 spiro atoms. The summed E-state index contributed by atoms with van der Waals surface area (Å²) in [6.07, 6.45) is 2.59. The number of carbonyl (C=O) groups excluding carboxylic acids is 1. The van der Waals surface area contributed by atoms with Crippen LogP contribution in [-0.2, 0) is 24.7 Å². The lowest BCUT2D eigenvalue weighted by atomic mass is 9.95. The molecule has 1 heterocycles. The van der Waals surface area contributed by atoms with E-state index in [-0.39, 0.29) is 11.8 Å². The molecule has 0 aliphatic heterocycles. The smallest absolute Gasteiger partial charge is 0.231 e. The predicted molar refractivity (Wildman–Crippen MR) is 123 cm³/mol. The summed E-state index contributed by atoms with van der Waals surface area (Å²) in [6, 6.07) is 26.4. The summed E-state index contributed by atoms with van der Waals surface area (Å²) < 4.78 is 2.14. The topological polar surface area (TPSA) is 46.9 Å². The molecule has 0 aliphatic carbocycles. The van der Waals surface area contributed by atoms with Crippen molar-refractivity contribution in [1.29, 1.82) is 0 Å². The van der Waals surface area contributed by atoms with Crippen molar-refractivity contribution < 1.29 is 4.79 Å². The number of benzene rings is 3. The Bertz CT molecular complexity index is 1130. The number of carbonyl (C=O) groups is 1. The molecule has 0 aliphatic rings. The Kier molecular flexibility index (Phi) is 5.94. The minimum absolute atomic E-state index is 0.0169. The van der Waals surface area contributed by atoms with Crippen LogP contribution in [0.15, 0.2) is 78.9 Å². The van der Waals surface area contributed by atoms with Crippen molar-refractivity contribution >= 4 is 22.6 Å². The van der Waals surface area contributed by atoms with Crippen LogP contribution in [0.4, 0.5) is 5.69 Å². The SMILES string of the molecule is CC[C@@H](C(=O)Nc1ccc2c(c1)nc(CCc1ccccc1)n2C)c1ccccc1. The van der Waals surface area contributed by atoms with Gasteiger partial charge < -0.3 is 9.88 Å². The largest absolute Gasteiger partial charge is 0.331 e. The molecule has 1 amide bonds. The van der Waals surface area contributed by atoms with E-state index in [1.807, 2.05) is 61.5 Å². The van der Waals surface area contributed by atoms with Crippen LogP contribution in [0.2, 0.25) is 0 Å². The molecular weight excluding hydrogens is 370 g/mol. The summed E-state index contributed by atoms with van der Waals surface area (Å²) in [4.78, 5) is 17.7. The molecule has 4 heteroatoms. The van der Waals surface area contributed by atoms with Crippen molar-refractivity contribution in [3.8, 4) is 0 Å². The third-order valence-corrected chi connectivity index (χ3v) is 5.65. The maximum Gasteiger partial charge on any atom is 0.231 e. The first-order valence-corrected chi connectivity index (χ1v) is 10.5. The van der Waals surface area contributed by atoms with E-state index in [1.54, 1.807) is 0 Å². The van der Waals surface area contributed by atoms with Gasteiger partial charge in [-0.1, -0.05) is 67.6 Å². The monoisotopic (exact) mass is 397 g/mol. The summed E-state index contributed by atoms with van der Waals surface area (Å²) in [5.74, 6) is 0.906. The van der Waals surface area contributed by atoms with Crippen molar-refractivity contribution in [3.05, 3.63) is 95.8 Å². The molecule has 30 heavy (non-hydrogen) atoms. The van der Waals surface area contributed by atoms with Gasteiger partial charge in [0.1, 0.15) is 5.82 Å². The molecular formula is C26H27N3O. The number of nitrogens with zero attached hydrogens (tertiary/aromatic N) is 2. The number of amides is 1. The summed E-state index contributed by atoms with van der Waals surface area (Å²) >= 11 is 0. The number of imidazole rings is 1. The Morgan fingerprint density at radius 3 is 2.37 bits per heavy atom. The van der Waals surface area contributed by atoms with Gasteiger partial charge in [0.15, 0.2) is 0 Å². The van der Waals surface area contributed by atoms with Gasteiger partial charge in [0, 0.05) is 19.2 Å². The van der Waals surface area contributed by atoms with Gasteiger partial charge >= 0.3 is 0 Å². The van der Waals surface area contributed by atoms with Crippen molar-refractivity contribution in [2.45, 2.75) is 32.1 Å². The maximum absolute atomic E-state index is 12.9. The minimum atomic E-state index is -0.160. The summed E-state index contributed by atoms with van der Waals surface area (Å²) in [5.41, 5.74) is 5.12. The number of rotatable bonds is 7. The van der Waals surface area contributed by atoms with Gasteiger partial charge in [-0.2, -0.15) is 0 Å². The van der Waals surface area contributed by atoms with Gasteiger partial charge in [-0.25, -0.2) is 4.98 Å². The van der Waals surface area contributed by atoms with E-state index in [0.29, 0.717) is 0 Å². The van der Waals surface area contributed by atoms with Crippen LogP contribution in [0, 0.1) is 0 Å². The molecule has 4 rings (SSSR count). The molecule has 0 fully saturated rings. The van der Waals surface area contributed by atoms with Crippen molar-refractivity contribution in [1.82, 2.24) is 9.55 Å². The number of fused-ring (bicyclic) bond motifs is 1. The first kappa shape index (κ1) is 19.9. The first-order chi connectivity index (χ1) is 14.7.